The Hall–Kier alpha value is -3.37. The van der Waals surface area contributed by atoms with Crippen LogP contribution in [0, 0.1) is 6.92 Å². The molecule has 1 aliphatic rings. The van der Waals surface area contributed by atoms with E-state index in [0.717, 1.165) is 22.0 Å². The molecule has 0 aliphatic carbocycles. The maximum Gasteiger partial charge on any atom is 0.434 e. The molecule has 186 valence electrons. The van der Waals surface area contributed by atoms with Crippen molar-refractivity contribution >= 4 is 5.91 Å². The second-order valence-electron chi connectivity index (χ2n) is 8.30. The van der Waals surface area contributed by atoms with E-state index in [1.165, 1.54) is 12.1 Å². The predicted molar refractivity (Wildman–Crippen MR) is 124 cm³/mol. The molecule has 1 amide bonds. The van der Waals surface area contributed by atoms with Gasteiger partial charge in [0.05, 0.1) is 43.8 Å². The molecule has 10 heteroatoms. The Labute approximate surface area is 201 Å². The van der Waals surface area contributed by atoms with Gasteiger partial charge in [-0.3, -0.25) is 9.69 Å². The lowest BCUT2D eigenvalue weighted by molar-refractivity contribution is -0.143. The Morgan fingerprint density at radius 1 is 1.11 bits per heavy atom. The largest absolute Gasteiger partial charge is 0.497 e. The van der Waals surface area contributed by atoms with Crippen LogP contribution in [0.1, 0.15) is 33.2 Å². The topological polar surface area (TPSA) is 68.6 Å². The first-order valence-corrected chi connectivity index (χ1v) is 11.2. The predicted octanol–water partition coefficient (Wildman–Crippen LogP) is 4.01. The molecule has 0 saturated carbocycles. The van der Waals surface area contributed by atoms with Gasteiger partial charge in [0.15, 0.2) is 5.69 Å². The van der Waals surface area contributed by atoms with Crippen molar-refractivity contribution in [1.82, 2.24) is 20.0 Å². The van der Waals surface area contributed by atoms with Gasteiger partial charge in [-0.1, -0.05) is 29.8 Å². The molecule has 1 saturated heterocycles. The maximum absolute atomic E-state index is 14.0. The van der Waals surface area contributed by atoms with E-state index < -0.39 is 23.3 Å². The van der Waals surface area contributed by atoms with Gasteiger partial charge in [0.2, 0.25) is 0 Å². The molecule has 0 spiro atoms. The molecule has 1 aromatic heterocycles. The summed E-state index contributed by atoms with van der Waals surface area (Å²) >= 11 is 0. The minimum atomic E-state index is -4.77. The van der Waals surface area contributed by atoms with Gasteiger partial charge >= 0.3 is 6.18 Å². The van der Waals surface area contributed by atoms with E-state index in [1.54, 1.807) is 19.2 Å². The maximum atomic E-state index is 14.0. The Bertz CT molecular complexity index is 1140. The van der Waals surface area contributed by atoms with Gasteiger partial charge < -0.3 is 14.8 Å². The van der Waals surface area contributed by atoms with Crippen molar-refractivity contribution in [2.24, 2.45) is 0 Å². The standard InChI is InChI=1S/C25H27F3N4O3/c1-17-3-7-19(8-4-17)32-23(25(26,27)28)21(15-30-32)24(33)29-16-22(31-11-13-35-14-12-31)18-5-9-20(34-2)10-6-18/h3-10,15,22H,11-14,16H2,1-2H3,(H,29,33). The lowest BCUT2D eigenvalue weighted by atomic mass is 10.0. The van der Waals surface area contributed by atoms with Crippen molar-refractivity contribution in [2.45, 2.75) is 19.1 Å². The molecule has 0 radical (unpaired) electrons. The van der Waals surface area contributed by atoms with Crippen molar-refractivity contribution < 1.29 is 27.4 Å². The molecule has 1 aliphatic heterocycles. The first-order chi connectivity index (χ1) is 16.8. The summed E-state index contributed by atoms with van der Waals surface area (Å²) in [6.45, 7) is 4.34. The number of methoxy groups -OCH3 is 1. The summed E-state index contributed by atoms with van der Waals surface area (Å²) in [5, 5.41) is 6.60. The van der Waals surface area contributed by atoms with Crippen molar-refractivity contribution in [3.8, 4) is 11.4 Å². The van der Waals surface area contributed by atoms with Crippen molar-refractivity contribution in [3.63, 3.8) is 0 Å². The Kier molecular flexibility index (Phi) is 7.42. The molecule has 0 bridgehead atoms. The molecule has 2 aromatic carbocycles. The van der Waals surface area contributed by atoms with Gasteiger partial charge in [-0.15, -0.1) is 0 Å². The molecule has 1 atom stereocenters. The summed E-state index contributed by atoms with van der Waals surface area (Å²) in [6.07, 6.45) is -3.80. The summed E-state index contributed by atoms with van der Waals surface area (Å²) < 4.78 is 53.5. The fraction of sp³-hybridized carbons (Fsp3) is 0.360. The highest BCUT2D eigenvalue weighted by molar-refractivity contribution is 5.95. The molecular weight excluding hydrogens is 461 g/mol. The molecule has 4 rings (SSSR count). The Morgan fingerprint density at radius 2 is 1.77 bits per heavy atom. The number of rotatable bonds is 7. The molecular formula is C25H27F3N4O3. The number of carbonyl (C=O) groups excluding carboxylic acids is 1. The Morgan fingerprint density at radius 3 is 2.37 bits per heavy atom. The van der Waals surface area contributed by atoms with Crippen molar-refractivity contribution in [3.05, 3.63) is 77.1 Å². The van der Waals surface area contributed by atoms with Crippen LogP contribution in [0.25, 0.3) is 5.69 Å². The summed E-state index contributed by atoms with van der Waals surface area (Å²) in [5.74, 6) is -0.140. The van der Waals surface area contributed by atoms with E-state index in [1.807, 2.05) is 31.2 Å². The third kappa shape index (κ3) is 5.66. The number of aryl methyl sites for hydroxylation is 1. The van der Waals surface area contributed by atoms with Crippen LogP contribution in [-0.4, -0.2) is 60.5 Å². The van der Waals surface area contributed by atoms with Crippen LogP contribution in [0.4, 0.5) is 13.2 Å². The second-order valence-corrected chi connectivity index (χ2v) is 8.30. The van der Waals surface area contributed by atoms with E-state index >= 15 is 0 Å². The minimum absolute atomic E-state index is 0.123. The van der Waals surface area contributed by atoms with Crippen LogP contribution in [0.5, 0.6) is 5.75 Å². The first kappa shape index (κ1) is 24.7. The number of benzene rings is 2. The third-order valence-corrected chi connectivity index (χ3v) is 6.00. The quantitative estimate of drug-likeness (QED) is 0.544. The fourth-order valence-corrected chi connectivity index (χ4v) is 4.13. The number of morpholine rings is 1. The van der Waals surface area contributed by atoms with Crippen molar-refractivity contribution in [1.29, 1.82) is 0 Å². The van der Waals surface area contributed by atoms with Crippen LogP contribution in [0.3, 0.4) is 0 Å². The third-order valence-electron chi connectivity index (χ3n) is 6.00. The zero-order chi connectivity index (χ0) is 25.0. The summed E-state index contributed by atoms with van der Waals surface area (Å²) in [4.78, 5) is 15.1. The number of nitrogens with one attached hydrogen (secondary N) is 1. The number of carbonyl (C=O) groups is 1. The number of hydrogen-bond acceptors (Lipinski definition) is 5. The highest BCUT2D eigenvalue weighted by Crippen LogP contribution is 2.34. The van der Waals surface area contributed by atoms with E-state index in [4.69, 9.17) is 9.47 Å². The van der Waals surface area contributed by atoms with Gasteiger partial charge in [-0.2, -0.15) is 18.3 Å². The number of halogens is 3. The molecule has 1 N–H and O–H groups in total. The second kappa shape index (κ2) is 10.5. The van der Waals surface area contributed by atoms with Crippen LogP contribution in [0.15, 0.2) is 54.7 Å². The molecule has 3 aromatic rings. The molecule has 1 unspecified atom stereocenters. The van der Waals surface area contributed by atoms with Gasteiger partial charge in [0.1, 0.15) is 5.75 Å². The zero-order valence-electron chi connectivity index (χ0n) is 19.5. The SMILES string of the molecule is COc1ccc(C(CNC(=O)c2cnn(-c3ccc(C)cc3)c2C(F)(F)F)N2CCOCC2)cc1. The summed E-state index contributed by atoms with van der Waals surface area (Å²) in [7, 11) is 1.57. The molecule has 7 nitrogen and oxygen atoms in total. The number of aromatic nitrogens is 2. The highest BCUT2D eigenvalue weighted by Gasteiger charge is 2.40. The van der Waals surface area contributed by atoms with Gasteiger partial charge in [0, 0.05) is 19.6 Å². The number of amides is 1. The van der Waals surface area contributed by atoms with E-state index in [0.29, 0.717) is 32.1 Å². The summed E-state index contributed by atoms with van der Waals surface area (Å²) in [5.41, 5.74) is 0.422. The normalized spacial score (nSPS) is 15.6. The average Bonchev–Trinajstić information content (AvgIpc) is 3.32. The number of hydrogen-bond donors (Lipinski definition) is 1. The van der Waals surface area contributed by atoms with Crippen LogP contribution < -0.4 is 10.1 Å². The molecule has 1 fully saturated rings. The van der Waals surface area contributed by atoms with Crippen LogP contribution >= 0.6 is 0 Å². The Balaban J connectivity index is 1.59. The number of nitrogens with zero attached hydrogens (tertiary/aromatic N) is 3. The average molecular weight is 489 g/mol. The first-order valence-electron chi connectivity index (χ1n) is 11.2. The molecule has 2 heterocycles. The van der Waals surface area contributed by atoms with Crippen molar-refractivity contribution in [2.75, 3.05) is 40.0 Å². The molecule has 35 heavy (non-hydrogen) atoms. The minimum Gasteiger partial charge on any atom is -0.497 e. The van der Waals surface area contributed by atoms with Crippen LogP contribution in [-0.2, 0) is 10.9 Å². The number of ether oxygens (including phenoxy) is 2. The lowest BCUT2D eigenvalue weighted by Gasteiger charge is -2.35. The number of alkyl halides is 3. The van der Waals surface area contributed by atoms with Gasteiger partial charge in [0.25, 0.3) is 5.91 Å². The van der Waals surface area contributed by atoms with Gasteiger partial charge in [-0.25, -0.2) is 4.68 Å². The lowest BCUT2D eigenvalue weighted by Crippen LogP contribution is -2.44. The van der Waals surface area contributed by atoms with Crippen LogP contribution in [0.2, 0.25) is 0 Å². The highest BCUT2D eigenvalue weighted by atomic mass is 19.4. The monoisotopic (exact) mass is 488 g/mol. The smallest absolute Gasteiger partial charge is 0.434 e. The zero-order valence-corrected chi connectivity index (χ0v) is 19.5. The summed E-state index contributed by atoms with van der Waals surface area (Å²) in [6, 6.07) is 13.6. The fourth-order valence-electron chi connectivity index (χ4n) is 4.13. The van der Waals surface area contributed by atoms with E-state index in [2.05, 4.69) is 15.3 Å². The van der Waals surface area contributed by atoms with Gasteiger partial charge in [-0.05, 0) is 36.8 Å². The van der Waals surface area contributed by atoms with E-state index in [9.17, 15) is 18.0 Å². The van der Waals surface area contributed by atoms with E-state index in [-0.39, 0.29) is 18.3 Å².